The van der Waals surface area contributed by atoms with Gasteiger partial charge >= 0.3 is 31.1 Å². The number of rotatable bonds is 26. The van der Waals surface area contributed by atoms with E-state index >= 15 is 0 Å². The van der Waals surface area contributed by atoms with Crippen LogP contribution in [0.5, 0.6) is 46.0 Å². The van der Waals surface area contributed by atoms with Crippen molar-refractivity contribution >= 4 is 31.1 Å². The maximum atomic E-state index is 12.9. The van der Waals surface area contributed by atoms with Gasteiger partial charge in [0.1, 0.15) is 46.0 Å². The Morgan fingerprint density at radius 2 is 0.538 bits per heavy atom. The second-order valence-electron chi connectivity index (χ2n) is 15.9. The van der Waals surface area contributed by atoms with Gasteiger partial charge in [0.25, 0.3) is 0 Å². The maximum Gasteiger partial charge on any atom is 0.587 e. The van der Waals surface area contributed by atoms with Crippen molar-refractivity contribution < 1.29 is 63.5 Å². The Bertz CT molecular complexity index is 2860. The Morgan fingerprint density at radius 3 is 0.756 bits per heavy atom. The normalized spacial score (nSPS) is 11.0. The van der Waals surface area contributed by atoms with Crippen molar-refractivity contribution in [2.45, 2.75) is 40.0 Å². The van der Waals surface area contributed by atoms with E-state index in [1.54, 1.807) is 153 Å². The number of unbranched alkanes of at least 4 members (excludes halogenated alkanes) is 1. The molecule has 16 nitrogen and oxygen atoms in total. The monoisotopic (exact) mass is 1140 g/mol. The fraction of sp³-hybridized carbons (Fsp3) is 0.172. The predicted molar refractivity (Wildman–Crippen MR) is 307 cm³/mol. The van der Waals surface area contributed by atoms with Crippen LogP contribution in [0.3, 0.4) is 0 Å². The van der Waals surface area contributed by atoms with E-state index in [1.807, 2.05) is 104 Å². The molecule has 8 rings (SSSR count). The molecule has 2 N–H and O–H groups in total. The fourth-order valence-electron chi connectivity index (χ4n) is 6.05. The minimum absolute atomic E-state index is 0.233. The van der Waals surface area contributed by atoms with Gasteiger partial charge in [0, 0.05) is 20.2 Å². The fourth-order valence-corrected chi connectivity index (χ4v) is 11.1. The first-order valence-electron chi connectivity index (χ1n) is 24.9. The lowest BCUT2D eigenvalue weighted by Gasteiger charge is -2.20. The zero-order valence-corrected chi connectivity index (χ0v) is 47.4. The average Bonchev–Trinajstić information content (AvgIpc) is 3.46. The largest absolute Gasteiger partial charge is 0.587 e. The summed E-state index contributed by atoms with van der Waals surface area (Å²) >= 11 is 0. The molecule has 8 aromatic rings. The van der Waals surface area contributed by atoms with Crippen molar-refractivity contribution in [1.82, 2.24) is 10.2 Å². The van der Waals surface area contributed by atoms with Gasteiger partial charge in [-0.25, -0.2) is 28.4 Å². The standard InChI is InChI=1S/C16H20NO3P.C15H18NO3P.C14H15O4P.C13H13O4P/c1-2-3-14-17-21(18,19-15-10-6-4-7-11-15)20-16-12-8-5-9-13-16;1-2-13-16-20(17,18-14-9-5-3-6-10-14)19-15-11-7-4-8-12-15;1-2-16-19(15,17-13-9-5-3-6-10-13)18-14-11-7-4-8-12-14;1-15-18(14,16-12-8-4-2-5-9-12)17-13-10-6-3-7-11-13/h4-13H,2-3,14H2,1H3,(H,17,18);3-12H,2,13H2,1H3,(H,16,17);3-12H,2H2,1H3;2-11H,1H3. The van der Waals surface area contributed by atoms with Crippen molar-refractivity contribution in [3.63, 3.8) is 0 Å². The first-order valence-corrected chi connectivity index (χ1v) is 31.0. The van der Waals surface area contributed by atoms with E-state index in [-0.39, 0.29) is 6.61 Å². The molecular formula is C58H66N2O14P4. The zero-order chi connectivity index (χ0) is 55.6. The molecule has 20 heteroatoms. The van der Waals surface area contributed by atoms with E-state index in [4.69, 9.17) is 45.2 Å². The molecule has 0 saturated heterocycles. The molecule has 0 radical (unpaired) electrons. The van der Waals surface area contributed by atoms with Gasteiger partial charge in [-0.3, -0.25) is 9.05 Å². The van der Waals surface area contributed by atoms with Gasteiger partial charge in [0.15, 0.2) is 0 Å². The van der Waals surface area contributed by atoms with Gasteiger partial charge in [-0.2, -0.15) is 0 Å². The molecule has 0 saturated carbocycles. The van der Waals surface area contributed by atoms with Crippen LogP contribution in [0.25, 0.3) is 0 Å². The Hall–Kier alpha value is -7.08. The molecule has 8 aromatic carbocycles. The Morgan fingerprint density at radius 1 is 0.308 bits per heavy atom. The van der Waals surface area contributed by atoms with Crippen LogP contribution in [0.2, 0.25) is 0 Å². The number of phosphoric ester groups is 2. The van der Waals surface area contributed by atoms with E-state index in [2.05, 4.69) is 17.1 Å². The Kier molecular flexibility index (Phi) is 26.9. The molecule has 0 aliphatic carbocycles. The van der Waals surface area contributed by atoms with Crippen molar-refractivity contribution in [2.75, 3.05) is 26.8 Å². The minimum Gasteiger partial charge on any atom is -0.405 e. The summed E-state index contributed by atoms with van der Waals surface area (Å²) < 4.78 is 104. The summed E-state index contributed by atoms with van der Waals surface area (Å²) in [5.41, 5.74) is 0. The van der Waals surface area contributed by atoms with E-state index < -0.39 is 31.1 Å². The number of benzene rings is 8. The number of hydrogen-bond donors (Lipinski definition) is 2. The van der Waals surface area contributed by atoms with Crippen molar-refractivity contribution in [3.05, 3.63) is 243 Å². The van der Waals surface area contributed by atoms with Crippen LogP contribution in [-0.2, 0) is 27.3 Å². The molecule has 0 bridgehead atoms. The van der Waals surface area contributed by atoms with Crippen molar-refractivity contribution in [1.29, 1.82) is 0 Å². The molecule has 0 atom stereocenters. The molecule has 0 fully saturated rings. The second-order valence-corrected chi connectivity index (χ2v) is 22.4. The molecule has 0 unspecified atom stereocenters. The van der Waals surface area contributed by atoms with Gasteiger partial charge < -0.3 is 36.2 Å². The van der Waals surface area contributed by atoms with Crippen LogP contribution in [0, 0.1) is 0 Å². The van der Waals surface area contributed by atoms with Crippen LogP contribution >= 0.6 is 31.1 Å². The topological polar surface area (TPSA) is 185 Å². The average molecular weight is 1140 g/mol. The lowest BCUT2D eigenvalue weighted by molar-refractivity contribution is 0.219. The van der Waals surface area contributed by atoms with Gasteiger partial charge in [-0.05, 0) is 117 Å². The predicted octanol–water partition coefficient (Wildman–Crippen LogP) is 17.1. The third-order valence-electron chi connectivity index (χ3n) is 9.62. The molecule has 0 aliphatic heterocycles. The summed E-state index contributed by atoms with van der Waals surface area (Å²) in [7, 11) is -12.9. The Balaban J connectivity index is 0.000000192. The summed E-state index contributed by atoms with van der Waals surface area (Å²) in [5.74, 6) is 3.79. The highest BCUT2D eigenvalue weighted by Gasteiger charge is 2.31. The van der Waals surface area contributed by atoms with Gasteiger partial charge in [-0.1, -0.05) is 166 Å². The van der Waals surface area contributed by atoms with Gasteiger partial charge in [0.05, 0.1) is 6.61 Å². The number of phosphoric acid groups is 2. The summed E-state index contributed by atoms with van der Waals surface area (Å²) in [5, 5.41) is 5.76. The SMILES string of the molecule is CCCCNP(=O)(Oc1ccccc1)Oc1ccccc1.CCCNP(=O)(Oc1ccccc1)Oc1ccccc1.CCOP(=O)(Oc1ccccc1)Oc1ccccc1.COP(=O)(Oc1ccccc1)Oc1ccccc1. The molecule has 0 aliphatic rings. The quantitative estimate of drug-likeness (QED) is 0.0385. The summed E-state index contributed by atoms with van der Waals surface area (Å²) in [4.78, 5) is 0. The lowest BCUT2D eigenvalue weighted by Crippen LogP contribution is -2.19. The number of nitrogens with one attached hydrogen (secondary N) is 2. The second kappa shape index (κ2) is 33.9. The number of hydrogen-bond acceptors (Lipinski definition) is 14. The molecular weight excluding hydrogens is 1070 g/mol. The first kappa shape index (κ1) is 61.8. The van der Waals surface area contributed by atoms with Crippen LogP contribution in [0.15, 0.2) is 243 Å². The molecule has 0 aromatic heterocycles. The summed E-state index contributed by atoms with van der Waals surface area (Å²) in [6, 6.07) is 71.2. The molecule has 0 amide bonds. The highest BCUT2D eigenvalue weighted by Crippen LogP contribution is 2.50. The molecule has 412 valence electrons. The summed E-state index contributed by atoms with van der Waals surface area (Å²) in [6.07, 6.45) is 2.74. The molecule has 0 spiro atoms. The van der Waals surface area contributed by atoms with Crippen LogP contribution in [0.1, 0.15) is 40.0 Å². The van der Waals surface area contributed by atoms with Gasteiger partial charge in [-0.15, -0.1) is 0 Å². The van der Waals surface area contributed by atoms with E-state index in [0.29, 0.717) is 59.1 Å². The molecule has 0 heterocycles. The van der Waals surface area contributed by atoms with Crippen LogP contribution in [-0.4, -0.2) is 26.8 Å². The van der Waals surface area contributed by atoms with Crippen LogP contribution in [0.4, 0.5) is 0 Å². The zero-order valence-electron chi connectivity index (χ0n) is 43.8. The van der Waals surface area contributed by atoms with Crippen molar-refractivity contribution in [3.8, 4) is 46.0 Å². The third kappa shape index (κ3) is 24.1. The highest BCUT2D eigenvalue weighted by molar-refractivity contribution is 7.52. The first-order chi connectivity index (χ1) is 37.9. The highest BCUT2D eigenvalue weighted by atomic mass is 31.2. The molecule has 78 heavy (non-hydrogen) atoms. The Labute approximate surface area is 458 Å². The maximum absolute atomic E-state index is 12.9. The third-order valence-corrected chi connectivity index (χ3v) is 15.4. The van der Waals surface area contributed by atoms with Gasteiger partial charge in [0.2, 0.25) is 0 Å². The number of para-hydroxylation sites is 8. The van der Waals surface area contributed by atoms with Crippen molar-refractivity contribution in [2.24, 2.45) is 0 Å². The lowest BCUT2D eigenvalue weighted by atomic mass is 10.3. The summed E-state index contributed by atoms with van der Waals surface area (Å²) in [6.45, 7) is 7.15. The van der Waals surface area contributed by atoms with E-state index in [1.165, 1.54) is 7.11 Å². The van der Waals surface area contributed by atoms with E-state index in [0.717, 1.165) is 19.3 Å². The van der Waals surface area contributed by atoms with E-state index in [9.17, 15) is 18.3 Å². The smallest absolute Gasteiger partial charge is 0.405 e. The minimum atomic E-state index is -3.66. The van der Waals surface area contributed by atoms with Crippen LogP contribution < -0.4 is 46.4 Å².